The molecule has 0 bridgehead atoms. The molecule has 0 saturated heterocycles. The van der Waals surface area contributed by atoms with Gasteiger partial charge in [0.05, 0.1) is 10.6 Å². The number of pyridine rings is 1. The molecule has 0 saturated carbocycles. The minimum absolute atomic E-state index is 0.228. The Morgan fingerprint density at radius 3 is 2.40 bits per heavy atom. The topological polar surface area (TPSA) is 47.0 Å². The van der Waals surface area contributed by atoms with E-state index in [0.717, 1.165) is 0 Å². The van der Waals surface area contributed by atoms with Crippen LogP contribution in [0.4, 0.5) is 8.78 Å². The molecule has 1 aromatic rings. The van der Waals surface area contributed by atoms with Crippen molar-refractivity contribution in [1.29, 1.82) is 0 Å². The molecule has 9 heteroatoms. The molecule has 0 aromatic carbocycles. The number of hydrogen-bond donors (Lipinski definition) is 0. The monoisotopic (exact) mass is 339 g/mol. The average molecular weight is 341 g/mol. The van der Waals surface area contributed by atoms with Gasteiger partial charge in [0.25, 0.3) is 15.5 Å². The third-order valence-electron chi connectivity index (χ3n) is 1.42. The lowest BCUT2D eigenvalue weighted by Gasteiger charge is -2.06. The highest BCUT2D eigenvalue weighted by Crippen LogP contribution is 2.36. The third-order valence-corrected chi connectivity index (χ3v) is 4.19. The SMILES string of the molecule is O=S(=O)(Cl)c1ncc(C(F)F)c(Br)c1Cl. The average Bonchev–Trinajstić information content (AvgIpc) is 2.06. The first-order valence-corrected chi connectivity index (χ1v) is 6.80. The molecule has 3 nitrogen and oxygen atoms in total. The first-order chi connectivity index (χ1) is 6.75. The molecule has 0 aliphatic heterocycles. The van der Waals surface area contributed by atoms with Crippen molar-refractivity contribution in [2.24, 2.45) is 0 Å². The summed E-state index contributed by atoms with van der Waals surface area (Å²) >= 11 is 8.27. The van der Waals surface area contributed by atoms with E-state index in [1.54, 1.807) is 0 Å². The standard InChI is InChI=1S/C6H2BrCl2F2NO2S/c7-3-2(5(10)11)1-12-6(4(3)8)15(9,13)14/h1,5H. The third kappa shape index (κ3) is 2.77. The van der Waals surface area contributed by atoms with Crippen molar-refractivity contribution in [3.05, 3.63) is 21.3 Å². The Kier molecular flexibility index (Phi) is 3.91. The van der Waals surface area contributed by atoms with Crippen molar-refractivity contribution in [3.63, 3.8) is 0 Å². The molecule has 0 aliphatic carbocycles. The van der Waals surface area contributed by atoms with E-state index in [4.69, 9.17) is 22.3 Å². The first-order valence-electron chi connectivity index (χ1n) is 3.32. The predicted octanol–water partition coefficient (Wildman–Crippen LogP) is 3.36. The molecule has 84 valence electrons. The van der Waals surface area contributed by atoms with Gasteiger partial charge in [0.1, 0.15) is 0 Å². The number of aromatic nitrogens is 1. The summed E-state index contributed by atoms with van der Waals surface area (Å²) in [5, 5.41) is -1.11. The van der Waals surface area contributed by atoms with Gasteiger partial charge >= 0.3 is 0 Å². The molecule has 0 N–H and O–H groups in total. The van der Waals surface area contributed by atoms with Gasteiger partial charge in [-0.05, 0) is 15.9 Å². The van der Waals surface area contributed by atoms with Crippen LogP contribution in [-0.2, 0) is 9.05 Å². The van der Waals surface area contributed by atoms with Gasteiger partial charge in [-0.2, -0.15) is 0 Å². The highest BCUT2D eigenvalue weighted by atomic mass is 79.9. The quantitative estimate of drug-likeness (QED) is 0.775. The zero-order chi connectivity index (χ0) is 11.8. The van der Waals surface area contributed by atoms with E-state index in [-0.39, 0.29) is 4.47 Å². The normalized spacial score (nSPS) is 12.1. The van der Waals surface area contributed by atoms with Crippen LogP contribution in [0.1, 0.15) is 12.0 Å². The Morgan fingerprint density at radius 1 is 1.47 bits per heavy atom. The number of alkyl halides is 2. The molecule has 1 heterocycles. The van der Waals surface area contributed by atoms with Crippen LogP contribution in [0.15, 0.2) is 15.7 Å². The highest BCUT2D eigenvalue weighted by molar-refractivity contribution is 9.10. The molecule has 0 unspecified atom stereocenters. The van der Waals surface area contributed by atoms with Gasteiger partial charge in [-0.25, -0.2) is 22.2 Å². The van der Waals surface area contributed by atoms with Crippen LogP contribution in [0.2, 0.25) is 5.02 Å². The van der Waals surface area contributed by atoms with Crippen molar-refractivity contribution in [1.82, 2.24) is 4.98 Å². The Balaban J connectivity index is 3.48. The fourth-order valence-corrected chi connectivity index (χ4v) is 2.81. The molecule has 0 fully saturated rings. The van der Waals surface area contributed by atoms with Gasteiger partial charge in [0.2, 0.25) is 0 Å². The minimum Gasteiger partial charge on any atom is -0.242 e. The van der Waals surface area contributed by atoms with Gasteiger partial charge in [0.15, 0.2) is 5.03 Å². The molecule has 0 amide bonds. The molecule has 15 heavy (non-hydrogen) atoms. The predicted molar refractivity (Wildman–Crippen MR) is 54.9 cm³/mol. The molecule has 1 rings (SSSR count). The van der Waals surface area contributed by atoms with Crippen LogP contribution in [-0.4, -0.2) is 13.4 Å². The highest BCUT2D eigenvalue weighted by Gasteiger charge is 2.23. The zero-order valence-corrected chi connectivity index (χ0v) is 10.6. The van der Waals surface area contributed by atoms with Crippen LogP contribution in [0.5, 0.6) is 0 Å². The molecular formula is C6H2BrCl2F2NO2S. The van der Waals surface area contributed by atoms with Crippen molar-refractivity contribution in [3.8, 4) is 0 Å². The van der Waals surface area contributed by atoms with Gasteiger partial charge in [-0.1, -0.05) is 11.6 Å². The second kappa shape index (κ2) is 4.48. The van der Waals surface area contributed by atoms with Crippen molar-refractivity contribution in [2.45, 2.75) is 11.5 Å². The van der Waals surface area contributed by atoms with E-state index in [2.05, 4.69) is 20.9 Å². The summed E-state index contributed by atoms with van der Waals surface area (Å²) in [4.78, 5) is 3.27. The molecule has 0 radical (unpaired) electrons. The summed E-state index contributed by atoms with van der Waals surface area (Å²) in [7, 11) is 0.840. The van der Waals surface area contributed by atoms with Crippen LogP contribution in [0.25, 0.3) is 0 Å². The lowest BCUT2D eigenvalue weighted by atomic mass is 10.3. The van der Waals surface area contributed by atoms with Crippen molar-refractivity contribution >= 4 is 47.3 Å². The van der Waals surface area contributed by atoms with Crippen LogP contribution >= 0.6 is 38.2 Å². The fourth-order valence-electron chi connectivity index (χ4n) is 0.784. The first kappa shape index (κ1) is 13.1. The smallest absolute Gasteiger partial charge is 0.242 e. The van der Waals surface area contributed by atoms with Crippen molar-refractivity contribution in [2.75, 3.05) is 0 Å². The van der Waals surface area contributed by atoms with E-state index in [1.165, 1.54) is 0 Å². The summed E-state index contributed by atoms with van der Waals surface area (Å²) in [6.45, 7) is 0. The Labute approximate surface area is 102 Å². The Hall–Kier alpha value is 0.0200. The number of hydrogen-bond acceptors (Lipinski definition) is 3. The summed E-state index contributed by atoms with van der Waals surface area (Å²) < 4.78 is 46.2. The van der Waals surface area contributed by atoms with Gasteiger partial charge in [-0.15, -0.1) is 0 Å². The van der Waals surface area contributed by atoms with E-state index >= 15 is 0 Å². The molecule has 1 aromatic heterocycles. The molecule has 0 atom stereocenters. The minimum atomic E-state index is -4.14. The van der Waals surface area contributed by atoms with E-state index in [9.17, 15) is 17.2 Å². The summed E-state index contributed by atoms with van der Waals surface area (Å²) in [6, 6.07) is 0. The van der Waals surface area contributed by atoms with Gasteiger partial charge in [-0.3, -0.25) is 0 Å². The van der Waals surface area contributed by atoms with Gasteiger partial charge in [0, 0.05) is 21.4 Å². The number of nitrogens with zero attached hydrogens (tertiary/aromatic N) is 1. The second-order valence-corrected chi connectivity index (χ2v) is 6.04. The number of rotatable bonds is 2. The molecule has 0 spiro atoms. The van der Waals surface area contributed by atoms with E-state index in [1.807, 2.05) is 0 Å². The lowest BCUT2D eigenvalue weighted by molar-refractivity contribution is 0.150. The van der Waals surface area contributed by atoms with E-state index in [0.29, 0.717) is 6.20 Å². The zero-order valence-electron chi connectivity index (χ0n) is 6.72. The van der Waals surface area contributed by atoms with Crippen LogP contribution < -0.4 is 0 Å². The molecule has 0 aliphatic rings. The largest absolute Gasteiger partial charge is 0.280 e. The Bertz CT molecular complexity index is 494. The molecular weight excluding hydrogens is 339 g/mol. The lowest BCUT2D eigenvalue weighted by Crippen LogP contribution is -2.00. The Morgan fingerprint density at radius 2 is 2.00 bits per heavy atom. The van der Waals surface area contributed by atoms with Crippen molar-refractivity contribution < 1.29 is 17.2 Å². The summed E-state index contributed by atoms with van der Waals surface area (Å²) in [6.07, 6.45) is -2.10. The van der Waals surface area contributed by atoms with Gasteiger partial charge < -0.3 is 0 Å². The van der Waals surface area contributed by atoms with E-state index < -0.39 is 31.1 Å². The number of halogens is 5. The fraction of sp³-hybridized carbons (Fsp3) is 0.167. The summed E-state index contributed by atoms with van der Waals surface area (Å²) in [5.41, 5.74) is -0.496. The van der Waals surface area contributed by atoms with Crippen LogP contribution in [0.3, 0.4) is 0 Å². The van der Waals surface area contributed by atoms with Crippen LogP contribution in [0, 0.1) is 0 Å². The maximum atomic E-state index is 12.3. The maximum absolute atomic E-state index is 12.3. The maximum Gasteiger partial charge on any atom is 0.280 e. The second-order valence-electron chi connectivity index (χ2n) is 2.39. The summed E-state index contributed by atoms with van der Waals surface area (Å²) in [5.74, 6) is 0.